The molecule has 3 N–H and O–H groups in total. The quantitative estimate of drug-likeness (QED) is 0.579. The molecular formula is C12H18ClN3O4. The average Bonchev–Trinajstić information content (AvgIpc) is 2.42. The summed E-state index contributed by atoms with van der Waals surface area (Å²) in [5.41, 5.74) is 5.26. The first-order valence-corrected chi connectivity index (χ1v) is 5.87. The van der Waals surface area contributed by atoms with Crippen molar-refractivity contribution < 1.29 is 14.5 Å². The Morgan fingerprint density at radius 2 is 2.15 bits per heavy atom. The number of nitrogens with zero attached hydrogens (tertiary/aromatic N) is 1. The van der Waals surface area contributed by atoms with E-state index in [1.54, 1.807) is 6.07 Å². The summed E-state index contributed by atoms with van der Waals surface area (Å²) in [6.45, 7) is 2.58. The molecule has 20 heavy (non-hydrogen) atoms. The minimum atomic E-state index is -0.552. The maximum absolute atomic E-state index is 11.5. The Hall–Kier alpha value is -1.86. The van der Waals surface area contributed by atoms with Crippen LogP contribution < -0.4 is 15.8 Å². The molecule has 1 amide bonds. The molecule has 7 nitrogen and oxygen atoms in total. The average molecular weight is 304 g/mol. The van der Waals surface area contributed by atoms with Gasteiger partial charge in [0.1, 0.15) is 0 Å². The predicted octanol–water partition coefficient (Wildman–Crippen LogP) is 1.11. The van der Waals surface area contributed by atoms with Crippen LogP contribution in [0.3, 0.4) is 0 Å². The second-order valence-corrected chi connectivity index (χ2v) is 4.16. The summed E-state index contributed by atoms with van der Waals surface area (Å²) in [4.78, 5) is 21.7. The number of hydrogen-bond donors (Lipinski definition) is 2. The number of para-hydroxylation sites is 2. The van der Waals surface area contributed by atoms with Gasteiger partial charge in [0.2, 0.25) is 0 Å². The molecule has 1 aromatic carbocycles. The molecule has 1 unspecified atom stereocenters. The molecular weight excluding hydrogens is 286 g/mol. The zero-order chi connectivity index (χ0) is 14.3. The van der Waals surface area contributed by atoms with Crippen molar-refractivity contribution in [1.29, 1.82) is 0 Å². The van der Waals surface area contributed by atoms with E-state index >= 15 is 0 Å². The molecule has 0 radical (unpaired) electrons. The van der Waals surface area contributed by atoms with E-state index in [2.05, 4.69) is 5.32 Å². The van der Waals surface area contributed by atoms with Crippen molar-refractivity contribution >= 4 is 24.0 Å². The number of carbonyl (C=O) groups excluding carboxylic acids is 1. The third-order valence-corrected chi connectivity index (χ3v) is 2.47. The van der Waals surface area contributed by atoms with Gasteiger partial charge in [0, 0.05) is 12.6 Å². The second kappa shape index (κ2) is 9.11. The highest BCUT2D eigenvalue weighted by Crippen LogP contribution is 2.25. The molecule has 0 aromatic heterocycles. The van der Waals surface area contributed by atoms with E-state index in [4.69, 9.17) is 10.5 Å². The van der Waals surface area contributed by atoms with Crippen LogP contribution in [0, 0.1) is 16.0 Å². The lowest BCUT2D eigenvalue weighted by atomic mass is 10.2. The second-order valence-electron chi connectivity index (χ2n) is 4.16. The Kier molecular flexibility index (Phi) is 8.26. The van der Waals surface area contributed by atoms with Crippen molar-refractivity contribution in [2.75, 3.05) is 19.7 Å². The van der Waals surface area contributed by atoms with Crippen LogP contribution in [0.1, 0.15) is 6.92 Å². The maximum Gasteiger partial charge on any atom is 0.310 e. The lowest BCUT2D eigenvalue weighted by molar-refractivity contribution is -0.385. The predicted molar refractivity (Wildman–Crippen MR) is 77.1 cm³/mol. The number of nitrogens with one attached hydrogen (secondary N) is 1. The largest absolute Gasteiger partial charge is 0.477 e. The van der Waals surface area contributed by atoms with Crippen molar-refractivity contribution in [3.63, 3.8) is 0 Å². The van der Waals surface area contributed by atoms with E-state index in [1.165, 1.54) is 18.2 Å². The number of hydrogen-bond acceptors (Lipinski definition) is 5. The van der Waals surface area contributed by atoms with Gasteiger partial charge < -0.3 is 15.8 Å². The Balaban J connectivity index is 0.00000361. The first-order valence-electron chi connectivity index (χ1n) is 5.87. The maximum atomic E-state index is 11.5. The van der Waals surface area contributed by atoms with Crippen LogP contribution in [0.5, 0.6) is 5.75 Å². The number of halogens is 1. The number of benzene rings is 1. The fraction of sp³-hybridized carbons (Fsp3) is 0.417. The third kappa shape index (κ3) is 5.85. The number of amides is 1. The van der Waals surface area contributed by atoms with Gasteiger partial charge in [0.15, 0.2) is 12.4 Å². The third-order valence-electron chi connectivity index (χ3n) is 2.47. The Labute approximate surface area is 123 Å². The van der Waals surface area contributed by atoms with Crippen LogP contribution in [0.2, 0.25) is 0 Å². The van der Waals surface area contributed by atoms with Crippen LogP contribution in [0.4, 0.5) is 5.69 Å². The SMILES string of the molecule is CC(CN)CNC(=O)COc1ccccc1[N+](=O)[O-].Cl. The van der Waals surface area contributed by atoms with E-state index < -0.39 is 4.92 Å². The molecule has 0 spiro atoms. The van der Waals surface area contributed by atoms with Gasteiger partial charge in [-0.3, -0.25) is 14.9 Å². The van der Waals surface area contributed by atoms with Gasteiger partial charge in [0.25, 0.3) is 5.91 Å². The molecule has 0 saturated carbocycles. The Bertz CT molecular complexity index is 456. The molecule has 0 fully saturated rings. The summed E-state index contributed by atoms with van der Waals surface area (Å²) in [6.07, 6.45) is 0. The first kappa shape index (κ1) is 18.1. The van der Waals surface area contributed by atoms with Crippen molar-refractivity contribution in [1.82, 2.24) is 5.32 Å². The lowest BCUT2D eigenvalue weighted by Gasteiger charge is -2.10. The summed E-state index contributed by atoms with van der Waals surface area (Å²) < 4.78 is 5.14. The van der Waals surface area contributed by atoms with E-state index in [0.717, 1.165) is 0 Å². The number of ether oxygens (including phenoxy) is 1. The lowest BCUT2D eigenvalue weighted by Crippen LogP contribution is -2.34. The van der Waals surface area contributed by atoms with Gasteiger partial charge in [-0.15, -0.1) is 12.4 Å². The Morgan fingerprint density at radius 3 is 2.75 bits per heavy atom. The highest BCUT2D eigenvalue weighted by Gasteiger charge is 2.14. The molecule has 1 aromatic rings. The van der Waals surface area contributed by atoms with Crippen LogP contribution >= 0.6 is 12.4 Å². The number of carbonyl (C=O) groups is 1. The number of nitro benzene ring substituents is 1. The summed E-state index contributed by atoms with van der Waals surface area (Å²) in [7, 11) is 0. The number of nitrogens with two attached hydrogens (primary N) is 1. The van der Waals surface area contributed by atoms with E-state index in [1.807, 2.05) is 6.92 Å². The molecule has 0 aliphatic rings. The molecule has 0 aliphatic heterocycles. The fourth-order valence-corrected chi connectivity index (χ4v) is 1.30. The van der Waals surface area contributed by atoms with E-state index in [-0.39, 0.29) is 42.3 Å². The zero-order valence-electron chi connectivity index (χ0n) is 11.1. The summed E-state index contributed by atoms with van der Waals surface area (Å²) in [5, 5.41) is 13.4. The van der Waals surface area contributed by atoms with Crippen LogP contribution in [-0.2, 0) is 4.79 Å². The number of nitro groups is 1. The van der Waals surface area contributed by atoms with Gasteiger partial charge in [0.05, 0.1) is 4.92 Å². The molecule has 0 aliphatic carbocycles. The molecule has 1 rings (SSSR count). The molecule has 0 bridgehead atoms. The molecule has 0 heterocycles. The minimum absolute atomic E-state index is 0. The van der Waals surface area contributed by atoms with Crippen LogP contribution in [-0.4, -0.2) is 30.5 Å². The van der Waals surface area contributed by atoms with Gasteiger partial charge in [-0.05, 0) is 18.5 Å². The highest BCUT2D eigenvalue weighted by atomic mass is 35.5. The van der Waals surface area contributed by atoms with Crippen molar-refractivity contribution in [2.24, 2.45) is 11.7 Å². The molecule has 0 saturated heterocycles. The normalized spacial score (nSPS) is 11.1. The van der Waals surface area contributed by atoms with Gasteiger partial charge in [-0.25, -0.2) is 0 Å². The Morgan fingerprint density at radius 1 is 1.50 bits per heavy atom. The summed E-state index contributed by atoms with van der Waals surface area (Å²) in [6, 6.07) is 5.92. The van der Waals surface area contributed by atoms with Crippen LogP contribution in [0.25, 0.3) is 0 Å². The molecule has 1 atom stereocenters. The van der Waals surface area contributed by atoms with Gasteiger partial charge >= 0.3 is 5.69 Å². The minimum Gasteiger partial charge on any atom is -0.477 e. The zero-order valence-corrected chi connectivity index (χ0v) is 11.9. The fourth-order valence-electron chi connectivity index (χ4n) is 1.30. The van der Waals surface area contributed by atoms with Gasteiger partial charge in [-0.1, -0.05) is 19.1 Å². The molecule has 8 heteroatoms. The molecule has 112 valence electrons. The van der Waals surface area contributed by atoms with Gasteiger partial charge in [-0.2, -0.15) is 0 Å². The topological polar surface area (TPSA) is 107 Å². The van der Waals surface area contributed by atoms with Crippen molar-refractivity contribution in [3.8, 4) is 5.75 Å². The van der Waals surface area contributed by atoms with E-state index in [9.17, 15) is 14.9 Å². The highest BCUT2D eigenvalue weighted by molar-refractivity contribution is 5.85. The monoisotopic (exact) mass is 303 g/mol. The first-order chi connectivity index (χ1) is 9.04. The smallest absolute Gasteiger partial charge is 0.310 e. The van der Waals surface area contributed by atoms with Crippen molar-refractivity contribution in [3.05, 3.63) is 34.4 Å². The summed E-state index contributed by atoms with van der Waals surface area (Å²) >= 11 is 0. The van der Waals surface area contributed by atoms with Crippen molar-refractivity contribution in [2.45, 2.75) is 6.92 Å². The van der Waals surface area contributed by atoms with Crippen LogP contribution in [0.15, 0.2) is 24.3 Å². The number of rotatable bonds is 7. The standard InChI is InChI=1S/C12H17N3O4.ClH/c1-9(6-13)7-14-12(16)8-19-11-5-3-2-4-10(11)15(17)18;/h2-5,9H,6-8,13H2,1H3,(H,14,16);1H. The van der Waals surface area contributed by atoms with E-state index in [0.29, 0.717) is 13.1 Å². The summed E-state index contributed by atoms with van der Waals surface area (Å²) in [5.74, 6) is -0.0806.